The first kappa shape index (κ1) is 11.6. The lowest BCUT2D eigenvalue weighted by Crippen LogP contribution is -2.19. The van der Waals surface area contributed by atoms with Gasteiger partial charge in [0.2, 0.25) is 0 Å². The maximum atomic E-state index is 11.0. The van der Waals surface area contributed by atoms with Crippen LogP contribution in [0.15, 0.2) is 22.2 Å². The Balaban J connectivity index is 2.39. The minimum atomic E-state index is -0.958. The van der Waals surface area contributed by atoms with Crippen LogP contribution in [0.5, 0.6) is 0 Å². The first-order valence-electron chi connectivity index (χ1n) is 4.13. The highest BCUT2D eigenvalue weighted by molar-refractivity contribution is 6.32. The van der Waals surface area contributed by atoms with E-state index >= 15 is 0 Å². The van der Waals surface area contributed by atoms with Gasteiger partial charge in [-0.25, -0.2) is 0 Å². The van der Waals surface area contributed by atoms with Gasteiger partial charge < -0.3 is 9.47 Å². The predicted octanol–water partition coefficient (Wildman–Crippen LogP) is 1.01. The number of hydrogen-bond acceptors (Lipinski definition) is 5. The van der Waals surface area contributed by atoms with E-state index in [1.165, 1.54) is 13.3 Å². The molecule has 0 aromatic carbocycles. The number of hydrogen-bond donors (Lipinski definition) is 0. The number of azo groups is 1. The molecule has 0 N–H and O–H groups in total. The molecule has 0 aliphatic carbocycles. The maximum Gasteiger partial charge on any atom is 0.308 e. The Bertz CT molecular complexity index is 327. The van der Waals surface area contributed by atoms with Crippen molar-refractivity contribution in [2.45, 2.75) is 11.8 Å². The monoisotopic (exact) mass is 232 g/mol. The van der Waals surface area contributed by atoms with Crippen molar-refractivity contribution in [2.75, 3.05) is 13.7 Å². The number of amides is 1. The summed E-state index contributed by atoms with van der Waals surface area (Å²) in [5.74, 6) is -0.779. The fourth-order valence-corrected chi connectivity index (χ4v) is 1.01. The first-order chi connectivity index (χ1) is 7.15. The zero-order chi connectivity index (χ0) is 11.3. The van der Waals surface area contributed by atoms with Crippen LogP contribution in [-0.4, -0.2) is 31.0 Å². The van der Waals surface area contributed by atoms with Crippen LogP contribution in [0, 0.1) is 0 Å². The number of halogens is 1. The number of rotatable bonds is 4. The zero-order valence-electron chi connectivity index (χ0n) is 7.97. The summed E-state index contributed by atoms with van der Waals surface area (Å²) in [4.78, 5) is 21.7. The smallest absolute Gasteiger partial charge is 0.308 e. The lowest BCUT2D eigenvalue weighted by Gasteiger charge is -2.13. The maximum absolute atomic E-state index is 11.0. The average molecular weight is 233 g/mol. The third kappa shape index (κ3) is 3.32. The van der Waals surface area contributed by atoms with Crippen molar-refractivity contribution in [1.29, 1.82) is 0 Å². The van der Waals surface area contributed by atoms with Gasteiger partial charge in [0.25, 0.3) is 5.91 Å². The molecule has 1 aliphatic rings. The summed E-state index contributed by atoms with van der Waals surface area (Å²) >= 11 is 5.67. The highest BCUT2D eigenvalue weighted by Gasteiger charge is 2.24. The molecule has 0 aromatic heterocycles. The molecule has 0 fully saturated rings. The van der Waals surface area contributed by atoms with Gasteiger partial charge in [0, 0.05) is 0 Å². The van der Waals surface area contributed by atoms with Gasteiger partial charge in [-0.2, -0.15) is 5.11 Å². The van der Waals surface area contributed by atoms with Crippen LogP contribution in [0.3, 0.4) is 0 Å². The molecule has 0 spiro atoms. The Morgan fingerprint density at radius 3 is 3.07 bits per heavy atom. The van der Waals surface area contributed by atoms with Crippen LogP contribution in [0.2, 0.25) is 0 Å². The van der Waals surface area contributed by atoms with Gasteiger partial charge in [-0.3, -0.25) is 9.59 Å². The number of ether oxygens (including phenoxy) is 2. The summed E-state index contributed by atoms with van der Waals surface area (Å²) in [7, 11) is 1.28. The Hall–Kier alpha value is -1.43. The highest BCUT2D eigenvalue weighted by Crippen LogP contribution is 2.17. The molecule has 0 radical (unpaired) electrons. The number of alkyl halides is 1. The molecule has 1 heterocycles. The van der Waals surface area contributed by atoms with Gasteiger partial charge in [-0.15, -0.1) is 16.7 Å². The molecule has 1 aliphatic heterocycles. The van der Waals surface area contributed by atoms with Crippen molar-refractivity contribution < 1.29 is 19.1 Å². The van der Waals surface area contributed by atoms with E-state index in [-0.39, 0.29) is 18.8 Å². The predicted molar refractivity (Wildman–Crippen MR) is 50.2 cm³/mol. The molecule has 0 saturated carbocycles. The molecule has 7 heteroatoms. The van der Waals surface area contributed by atoms with Crippen LogP contribution in [0.25, 0.3) is 0 Å². The summed E-state index contributed by atoms with van der Waals surface area (Å²) in [5, 5.41) is 5.66. The normalized spacial score (nSPS) is 19.7. The summed E-state index contributed by atoms with van der Waals surface area (Å²) in [6, 6.07) is 0. The lowest BCUT2D eigenvalue weighted by molar-refractivity contribution is -0.141. The summed E-state index contributed by atoms with van der Waals surface area (Å²) in [6.45, 7) is 0.0878. The fraction of sp³-hybridized carbons (Fsp3) is 0.500. The van der Waals surface area contributed by atoms with Crippen molar-refractivity contribution >= 4 is 23.5 Å². The van der Waals surface area contributed by atoms with Gasteiger partial charge in [-0.05, 0) is 0 Å². The second kappa shape index (κ2) is 5.45. The third-order valence-corrected chi connectivity index (χ3v) is 2.01. The quantitative estimate of drug-likeness (QED) is 0.535. The summed E-state index contributed by atoms with van der Waals surface area (Å²) < 4.78 is 9.50. The zero-order valence-corrected chi connectivity index (χ0v) is 8.73. The fourth-order valence-electron chi connectivity index (χ4n) is 0.845. The van der Waals surface area contributed by atoms with Gasteiger partial charge in [0.05, 0.1) is 26.3 Å². The van der Waals surface area contributed by atoms with E-state index in [0.717, 1.165) is 0 Å². The number of carbonyl (C=O) groups excluding carboxylic acids is 2. The molecule has 0 bridgehead atoms. The van der Waals surface area contributed by atoms with E-state index in [1.54, 1.807) is 0 Å². The van der Waals surface area contributed by atoms with E-state index < -0.39 is 17.3 Å². The van der Waals surface area contributed by atoms with E-state index in [0.29, 0.717) is 0 Å². The number of esters is 1. The van der Waals surface area contributed by atoms with Crippen molar-refractivity contribution in [3.05, 3.63) is 12.0 Å². The van der Waals surface area contributed by atoms with Gasteiger partial charge >= 0.3 is 5.97 Å². The summed E-state index contributed by atoms with van der Waals surface area (Å²) in [6.07, 6.45) is 1.33. The molecule has 1 amide bonds. The SMILES string of the molecule is COC(=O)CCOC1=CN=NC(=O)C1Cl. The van der Waals surface area contributed by atoms with Crippen LogP contribution in [-0.2, 0) is 19.1 Å². The van der Waals surface area contributed by atoms with Gasteiger partial charge in [-0.1, -0.05) is 0 Å². The number of carbonyl (C=O) groups is 2. The van der Waals surface area contributed by atoms with E-state index in [1.807, 2.05) is 0 Å². The van der Waals surface area contributed by atoms with E-state index in [4.69, 9.17) is 16.3 Å². The molecular formula is C8H9ClN2O4. The molecular weight excluding hydrogens is 224 g/mol. The van der Waals surface area contributed by atoms with E-state index in [9.17, 15) is 9.59 Å². The molecule has 0 saturated heterocycles. The minimum absolute atomic E-state index is 0.0861. The Morgan fingerprint density at radius 2 is 2.40 bits per heavy atom. The standard InChI is InChI=1S/C8H9ClN2O4/c1-14-6(12)2-3-15-5-4-10-11-8(13)7(5)9/h4,7H,2-3H2,1H3. The topological polar surface area (TPSA) is 77.3 Å². The Labute approximate surface area is 90.9 Å². The second-order valence-corrected chi connectivity index (χ2v) is 3.06. The summed E-state index contributed by atoms with van der Waals surface area (Å²) in [5.41, 5.74) is 0. The van der Waals surface area contributed by atoms with Crippen LogP contribution >= 0.6 is 11.6 Å². The van der Waals surface area contributed by atoms with Crippen molar-refractivity contribution in [3.63, 3.8) is 0 Å². The number of methoxy groups -OCH3 is 1. The third-order valence-electron chi connectivity index (χ3n) is 1.61. The molecule has 6 nitrogen and oxygen atoms in total. The molecule has 82 valence electrons. The average Bonchev–Trinajstić information content (AvgIpc) is 2.24. The number of nitrogens with zero attached hydrogens (tertiary/aromatic N) is 2. The van der Waals surface area contributed by atoms with Gasteiger partial charge in [0.1, 0.15) is 5.76 Å². The van der Waals surface area contributed by atoms with Crippen molar-refractivity contribution in [1.82, 2.24) is 0 Å². The van der Waals surface area contributed by atoms with Crippen LogP contribution in [0.1, 0.15) is 6.42 Å². The van der Waals surface area contributed by atoms with Crippen molar-refractivity contribution in [2.24, 2.45) is 10.2 Å². The Kier molecular flexibility index (Phi) is 4.23. The van der Waals surface area contributed by atoms with Crippen molar-refractivity contribution in [3.8, 4) is 0 Å². The largest absolute Gasteiger partial charge is 0.493 e. The molecule has 1 atom stereocenters. The van der Waals surface area contributed by atoms with Gasteiger partial charge in [0.15, 0.2) is 5.38 Å². The van der Waals surface area contributed by atoms with Crippen LogP contribution < -0.4 is 0 Å². The van der Waals surface area contributed by atoms with E-state index in [2.05, 4.69) is 15.0 Å². The molecule has 0 aromatic rings. The Morgan fingerprint density at radius 1 is 1.67 bits per heavy atom. The van der Waals surface area contributed by atoms with Crippen LogP contribution in [0.4, 0.5) is 0 Å². The lowest BCUT2D eigenvalue weighted by atomic mass is 10.3. The highest BCUT2D eigenvalue weighted by atomic mass is 35.5. The first-order valence-corrected chi connectivity index (χ1v) is 4.57. The second-order valence-electron chi connectivity index (χ2n) is 2.62. The molecule has 15 heavy (non-hydrogen) atoms. The molecule has 1 unspecified atom stereocenters. The molecule has 1 rings (SSSR count). The minimum Gasteiger partial charge on any atom is -0.493 e.